The molecule has 0 saturated carbocycles. The predicted octanol–water partition coefficient (Wildman–Crippen LogP) is -6.29. The van der Waals surface area contributed by atoms with Crippen LogP contribution >= 0.6 is 0 Å². The van der Waals surface area contributed by atoms with E-state index >= 15 is 0 Å². The third kappa shape index (κ3) is 72200. The minimum Gasteiger partial charge on any atom is -0.832 e. The lowest BCUT2D eigenvalue weighted by Gasteiger charge is -1.92. The molecule has 8 N–H and O–H groups in total. The van der Waals surface area contributed by atoms with E-state index in [1.54, 1.807) is 0 Å². The molecule has 0 amide bonds. The lowest BCUT2D eigenvalue weighted by molar-refractivity contribution is -0.242. The van der Waals surface area contributed by atoms with Crippen LogP contribution in [0.4, 0.5) is 0 Å². The van der Waals surface area contributed by atoms with Crippen LogP contribution in [0, 0.1) is 0 Å². The first-order valence-electron chi connectivity index (χ1n) is 3.53. The van der Waals surface area contributed by atoms with Gasteiger partial charge in [0.15, 0.2) is 0 Å². The average molecular weight is 262 g/mol. The van der Waals surface area contributed by atoms with Crippen LogP contribution in [0.25, 0.3) is 0 Å². The molecule has 0 rings (SSSR count). The molecule has 13 heteroatoms. The summed E-state index contributed by atoms with van der Waals surface area (Å²) < 4.78 is 0. The molecule has 0 atom stereocenters. The van der Waals surface area contributed by atoms with Crippen LogP contribution in [-0.2, 0) is 10.9 Å². The zero-order valence-electron chi connectivity index (χ0n) is 9.13. The second kappa shape index (κ2) is 20.6. The largest absolute Gasteiger partial charge is 0.832 e. The highest BCUT2D eigenvalue weighted by molar-refractivity contribution is 7.94. The van der Waals surface area contributed by atoms with Crippen LogP contribution in [0.2, 0.25) is 0 Å². The van der Waals surface area contributed by atoms with Gasteiger partial charge in [-0.3, -0.25) is 0 Å². The number of hydrogen-bond acceptors (Lipinski definition) is 9. The third-order valence-corrected chi connectivity index (χ3v) is 0. The van der Waals surface area contributed by atoms with Crippen molar-refractivity contribution in [3.63, 3.8) is 0 Å². The quantitative estimate of drug-likeness (QED) is 0.155. The number of rotatable bonds is 0. The van der Waals surface area contributed by atoms with Crippen molar-refractivity contribution in [2.24, 2.45) is 0 Å². The normalized spacial score (nSPS) is 7.31. The lowest BCUT2D eigenvalue weighted by Crippen LogP contribution is -2.29. The van der Waals surface area contributed by atoms with Crippen LogP contribution in [0.1, 0.15) is 0 Å². The van der Waals surface area contributed by atoms with Gasteiger partial charge in [0, 0.05) is 0 Å². The molecule has 0 aromatic heterocycles. The van der Waals surface area contributed by atoms with E-state index in [4.69, 9.17) is 45.2 Å². The molecule has 0 heterocycles. The summed E-state index contributed by atoms with van der Waals surface area (Å²) in [5, 5.41) is 65.8. The second-order valence-electron chi connectivity index (χ2n) is 2.24. The van der Waals surface area contributed by atoms with E-state index in [1.807, 2.05) is 0 Å². The SMILES string of the molecule is C[S+](C)C.OB(O)O.OB(O)O.[O-]B(O)O. The fraction of sp³-hybridized carbons (Fsp3) is 1.00. The fourth-order valence-electron chi connectivity index (χ4n) is 0. The van der Waals surface area contributed by atoms with E-state index in [0.29, 0.717) is 10.9 Å². The van der Waals surface area contributed by atoms with E-state index in [9.17, 15) is 0 Å². The first kappa shape index (κ1) is 25.1. The van der Waals surface area contributed by atoms with Crippen molar-refractivity contribution in [1.82, 2.24) is 0 Å². The van der Waals surface area contributed by atoms with Gasteiger partial charge in [-0.25, -0.2) is 0 Å². The summed E-state index contributed by atoms with van der Waals surface area (Å²) in [5.74, 6) is 0. The first-order chi connectivity index (χ1) is 6.93. The van der Waals surface area contributed by atoms with Gasteiger partial charge in [-0.05, 0) is 10.9 Å². The van der Waals surface area contributed by atoms with Crippen molar-refractivity contribution >= 4 is 32.9 Å². The highest BCUT2D eigenvalue weighted by atomic mass is 32.2. The summed E-state index contributed by atoms with van der Waals surface area (Å²) in [7, 11) is -6.11. The first-order valence-corrected chi connectivity index (χ1v) is 5.98. The van der Waals surface area contributed by atoms with Crippen molar-refractivity contribution in [2.75, 3.05) is 18.8 Å². The molecule has 0 aliphatic rings. The zero-order chi connectivity index (χ0) is 14.3. The predicted molar refractivity (Wildman–Crippen MR) is 60.1 cm³/mol. The van der Waals surface area contributed by atoms with Crippen molar-refractivity contribution in [2.45, 2.75) is 0 Å². The molecule has 0 radical (unpaired) electrons. The van der Waals surface area contributed by atoms with Gasteiger partial charge in [-0.15, -0.1) is 0 Å². The maximum Gasteiger partial charge on any atom is 0.631 e. The molecule has 0 aliphatic heterocycles. The van der Waals surface area contributed by atoms with Crippen LogP contribution in [0.3, 0.4) is 0 Å². The Balaban J connectivity index is -0.0000000600. The van der Waals surface area contributed by atoms with Crippen molar-refractivity contribution in [1.29, 1.82) is 0 Å². The molecule has 0 saturated heterocycles. The van der Waals surface area contributed by atoms with Crippen LogP contribution < -0.4 is 5.02 Å². The van der Waals surface area contributed by atoms with Gasteiger partial charge in [-0.1, -0.05) is 0 Å². The Kier molecular flexibility index (Phi) is 32.3. The number of hydrogen-bond donors (Lipinski definition) is 8. The Morgan fingerprint density at radius 1 is 0.688 bits per heavy atom. The van der Waals surface area contributed by atoms with Crippen LogP contribution in [0.5, 0.6) is 0 Å². The summed E-state index contributed by atoms with van der Waals surface area (Å²) >= 11 is 0. The molecule has 0 spiro atoms. The van der Waals surface area contributed by atoms with Crippen molar-refractivity contribution in [3.05, 3.63) is 0 Å². The Hall–Kier alpha value is 0.185. The minimum absolute atomic E-state index is 0.639. The molecule has 98 valence electrons. The van der Waals surface area contributed by atoms with Crippen molar-refractivity contribution in [3.8, 4) is 0 Å². The van der Waals surface area contributed by atoms with E-state index in [1.165, 1.54) is 0 Å². The lowest BCUT2D eigenvalue weighted by atomic mass is 10.3. The highest BCUT2D eigenvalue weighted by Gasteiger charge is 1.93. The highest BCUT2D eigenvalue weighted by Crippen LogP contribution is 1.63. The molecule has 0 unspecified atom stereocenters. The second-order valence-corrected chi connectivity index (χ2v) is 4.69. The molecule has 0 bridgehead atoms. The molecule has 0 aliphatic carbocycles. The molecular weight excluding hydrogens is 245 g/mol. The fourth-order valence-corrected chi connectivity index (χ4v) is 0. The Morgan fingerprint density at radius 3 is 0.688 bits per heavy atom. The van der Waals surface area contributed by atoms with Crippen LogP contribution in [0.15, 0.2) is 0 Å². The summed E-state index contributed by atoms with van der Waals surface area (Å²) in [4.78, 5) is 0. The van der Waals surface area contributed by atoms with E-state index in [-0.39, 0.29) is 0 Å². The van der Waals surface area contributed by atoms with Crippen molar-refractivity contribution < 1.29 is 45.2 Å². The molecule has 0 fully saturated rings. The van der Waals surface area contributed by atoms with Gasteiger partial charge in [0.05, 0.1) is 18.8 Å². The van der Waals surface area contributed by atoms with Gasteiger partial charge in [0.25, 0.3) is 0 Å². The van der Waals surface area contributed by atoms with E-state index in [2.05, 4.69) is 18.8 Å². The standard InChI is InChI=1S/C3H9S.2BH3O3.BH2O3/c1-4(2)3;3*2-1(3)4/h1-3H3;2*2-4H;2-3H/q+1;;;-1. The zero-order valence-corrected chi connectivity index (χ0v) is 9.94. The summed E-state index contributed by atoms with van der Waals surface area (Å²) in [6.45, 7) is 0. The molecule has 16 heavy (non-hydrogen) atoms. The van der Waals surface area contributed by atoms with E-state index < -0.39 is 22.0 Å². The topological polar surface area (TPSA) is 185 Å². The van der Waals surface area contributed by atoms with Gasteiger partial charge in [-0.2, -0.15) is 0 Å². The Bertz CT molecular complexity index is 69.0. The average Bonchev–Trinajstić information content (AvgIpc) is 1.76. The van der Waals surface area contributed by atoms with E-state index in [0.717, 1.165) is 0 Å². The summed E-state index contributed by atoms with van der Waals surface area (Å²) in [6.07, 6.45) is 6.58. The summed E-state index contributed by atoms with van der Waals surface area (Å²) in [6, 6.07) is 0. The molecule has 0 aromatic rings. The maximum atomic E-state index is 8.64. The Morgan fingerprint density at radius 2 is 0.688 bits per heavy atom. The van der Waals surface area contributed by atoms with Gasteiger partial charge >= 0.3 is 22.0 Å². The van der Waals surface area contributed by atoms with Gasteiger partial charge in [0.2, 0.25) is 0 Å². The molecular formula is C3H17B3O9S. The Labute approximate surface area is 97.5 Å². The smallest absolute Gasteiger partial charge is 0.631 e. The van der Waals surface area contributed by atoms with Gasteiger partial charge in [0.1, 0.15) is 0 Å². The minimum atomic E-state index is -2.42. The molecule has 0 aromatic carbocycles. The van der Waals surface area contributed by atoms with Crippen LogP contribution in [-0.4, -0.2) is 80.9 Å². The monoisotopic (exact) mass is 262 g/mol. The molecule has 9 nitrogen and oxygen atoms in total. The summed E-state index contributed by atoms with van der Waals surface area (Å²) in [5.41, 5.74) is 0. The maximum absolute atomic E-state index is 8.64. The third-order valence-electron chi connectivity index (χ3n) is 0. The van der Waals surface area contributed by atoms with Gasteiger partial charge < -0.3 is 45.2 Å².